The number of nitrogens with two attached hydrogens (primary N) is 1. The van der Waals surface area contributed by atoms with E-state index in [1.165, 1.54) is 6.20 Å². The topological polar surface area (TPSA) is 70.5 Å². The molecule has 5 nitrogen and oxygen atoms in total. The molecule has 0 amide bonds. The van der Waals surface area contributed by atoms with Crippen molar-refractivity contribution in [2.75, 3.05) is 12.8 Å². The molecule has 1 aromatic carbocycles. The molecule has 84 valence electrons. The van der Waals surface area contributed by atoms with E-state index in [4.69, 9.17) is 19.6 Å². The Balaban J connectivity index is 1.94. The molecule has 1 aromatic heterocycles. The fourth-order valence-corrected chi connectivity index (χ4v) is 1.21. The first-order valence-electron chi connectivity index (χ1n) is 4.75. The molecule has 0 saturated heterocycles. The smallest absolute Gasteiger partial charge is 0.234 e. The van der Waals surface area contributed by atoms with Gasteiger partial charge in [0, 0.05) is 0 Å². The quantitative estimate of drug-likeness (QED) is 0.851. The van der Waals surface area contributed by atoms with E-state index in [0.29, 0.717) is 5.89 Å². The van der Waals surface area contributed by atoms with Crippen LogP contribution in [0, 0.1) is 0 Å². The molecule has 0 fully saturated rings. The molecule has 0 saturated carbocycles. The second-order valence-corrected chi connectivity index (χ2v) is 3.12. The molecule has 0 spiro atoms. The number of anilines is 1. The summed E-state index contributed by atoms with van der Waals surface area (Å²) in [5.74, 6) is 2.24. The summed E-state index contributed by atoms with van der Waals surface area (Å²) in [5.41, 5.74) is 5.38. The van der Waals surface area contributed by atoms with E-state index in [2.05, 4.69) is 4.98 Å². The molecule has 2 N–H and O–H groups in total. The molecule has 1 heterocycles. The summed E-state index contributed by atoms with van der Waals surface area (Å²) in [6, 6.07) is 7.26. The number of nitrogen functional groups attached to an aromatic ring is 1. The number of benzene rings is 1. The molecule has 0 aliphatic rings. The lowest BCUT2D eigenvalue weighted by Gasteiger charge is -2.04. The first-order chi connectivity index (χ1) is 7.78. The van der Waals surface area contributed by atoms with Crippen LogP contribution in [-0.4, -0.2) is 12.1 Å². The van der Waals surface area contributed by atoms with Crippen LogP contribution in [0.15, 0.2) is 34.9 Å². The molecular weight excluding hydrogens is 208 g/mol. The Hall–Kier alpha value is -2.17. The zero-order chi connectivity index (χ0) is 11.4. The van der Waals surface area contributed by atoms with Crippen LogP contribution < -0.4 is 15.2 Å². The molecule has 2 aromatic rings. The van der Waals surface area contributed by atoms with Gasteiger partial charge >= 0.3 is 0 Å². The number of methoxy groups -OCH3 is 1. The molecule has 2 rings (SSSR count). The Kier molecular flexibility index (Phi) is 2.95. The van der Waals surface area contributed by atoms with Crippen LogP contribution in [0.2, 0.25) is 0 Å². The van der Waals surface area contributed by atoms with Crippen molar-refractivity contribution in [3.8, 4) is 11.5 Å². The maximum Gasteiger partial charge on any atom is 0.234 e. The average Bonchev–Trinajstić information content (AvgIpc) is 2.73. The summed E-state index contributed by atoms with van der Waals surface area (Å²) in [6.45, 7) is 0.254. The lowest BCUT2D eigenvalue weighted by atomic mass is 10.3. The number of aromatic nitrogens is 1. The normalized spacial score (nSPS) is 10.1. The highest BCUT2D eigenvalue weighted by Crippen LogP contribution is 2.18. The SMILES string of the molecule is COc1ccc(OCc2ncc(N)o2)cc1. The standard InChI is InChI=1S/C11H12N2O3/c1-14-8-2-4-9(5-3-8)15-7-11-13-6-10(12)16-11/h2-6H,7,12H2,1H3. The lowest BCUT2D eigenvalue weighted by Crippen LogP contribution is -1.95. The summed E-state index contributed by atoms with van der Waals surface area (Å²) >= 11 is 0. The van der Waals surface area contributed by atoms with E-state index in [1.54, 1.807) is 7.11 Å². The molecule has 0 aliphatic heterocycles. The van der Waals surface area contributed by atoms with Gasteiger partial charge in [-0.3, -0.25) is 0 Å². The van der Waals surface area contributed by atoms with Crippen molar-refractivity contribution in [1.82, 2.24) is 4.98 Å². The monoisotopic (exact) mass is 220 g/mol. The van der Waals surface area contributed by atoms with E-state index >= 15 is 0 Å². The minimum atomic E-state index is 0.254. The summed E-state index contributed by atoms with van der Waals surface area (Å²) < 4.78 is 15.5. The average molecular weight is 220 g/mol. The van der Waals surface area contributed by atoms with Gasteiger partial charge in [0.05, 0.1) is 13.3 Å². The van der Waals surface area contributed by atoms with Gasteiger partial charge in [-0.15, -0.1) is 0 Å². The minimum absolute atomic E-state index is 0.254. The molecule has 0 atom stereocenters. The van der Waals surface area contributed by atoms with Gasteiger partial charge in [-0.2, -0.15) is 0 Å². The van der Waals surface area contributed by atoms with E-state index in [0.717, 1.165) is 11.5 Å². The van der Waals surface area contributed by atoms with Crippen LogP contribution in [0.1, 0.15) is 5.89 Å². The van der Waals surface area contributed by atoms with E-state index < -0.39 is 0 Å². The lowest BCUT2D eigenvalue weighted by molar-refractivity contribution is 0.264. The third kappa shape index (κ3) is 2.44. The van der Waals surface area contributed by atoms with Crippen molar-refractivity contribution >= 4 is 5.88 Å². The fraction of sp³-hybridized carbons (Fsp3) is 0.182. The van der Waals surface area contributed by atoms with Crippen molar-refractivity contribution in [3.63, 3.8) is 0 Å². The van der Waals surface area contributed by atoms with Gasteiger partial charge in [0.2, 0.25) is 11.8 Å². The number of oxazole rings is 1. The second-order valence-electron chi connectivity index (χ2n) is 3.12. The zero-order valence-electron chi connectivity index (χ0n) is 8.84. The molecule has 5 heteroatoms. The van der Waals surface area contributed by atoms with Crippen LogP contribution in [0.4, 0.5) is 5.88 Å². The maximum atomic E-state index is 5.44. The van der Waals surface area contributed by atoms with Crippen molar-refractivity contribution in [3.05, 3.63) is 36.4 Å². The fourth-order valence-electron chi connectivity index (χ4n) is 1.21. The van der Waals surface area contributed by atoms with E-state index in [-0.39, 0.29) is 12.5 Å². The molecule has 0 bridgehead atoms. The van der Waals surface area contributed by atoms with Crippen LogP contribution in [0.5, 0.6) is 11.5 Å². The number of rotatable bonds is 4. The van der Waals surface area contributed by atoms with Gasteiger partial charge in [0.1, 0.15) is 11.5 Å². The Morgan fingerprint density at radius 2 is 1.94 bits per heavy atom. The van der Waals surface area contributed by atoms with Crippen LogP contribution >= 0.6 is 0 Å². The highest BCUT2D eigenvalue weighted by atomic mass is 16.5. The van der Waals surface area contributed by atoms with Gasteiger partial charge in [-0.1, -0.05) is 0 Å². The summed E-state index contributed by atoms with van der Waals surface area (Å²) in [4.78, 5) is 3.92. The number of hydrogen-bond acceptors (Lipinski definition) is 5. The zero-order valence-corrected chi connectivity index (χ0v) is 8.84. The van der Waals surface area contributed by atoms with Crippen molar-refractivity contribution in [1.29, 1.82) is 0 Å². The molecule has 0 radical (unpaired) electrons. The Morgan fingerprint density at radius 3 is 2.50 bits per heavy atom. The van der Waals surface area contributed by atoms with Gasteiger partial charge in [0.15, 0.2) is 6.61 Å². The van der Waals surface area contributed by atoms with Crippen molar-refractivity contribution in [2.45, 2.75) is 6.61 Å². The predicted molar refractivity (Wildman–Crippen MR) is 58.2 cm³/mol. The van der Waals surface area contributed by atoms with E-state index in [9.17, 15) is 0 Å². The molecular formula is C11H12N2O3. The third-order valence-corrected chi connectivity index (χ3v) is 1.99. The summed E-state index contributed by atoms with van der Waals surface area (Å²) in [6.07, 6.45) is 1.45. The van der Waals surface area contributed by atoms with Crippen molar-refractivity contribution < 1.29 is 13.9 Å². The summed E-state index contributed by atoms with van der Waals surface area (Å²) in [5, 5.41) is 0. The molecule has 0 aliphatic carbocycles. The summed E-state index contributed by atoms with van der Waals surface area (Å²) in [7, 11) is 1.62. The van der Waals surface area contributed by atoms with Crippen molar-refractivity contribution in [2.24, 2.45) is 0 Å². The maximum absolute atomic E-state index is 5.44. The number of hydrogen-bond donors (Lipinski definition) is 1. The Labute approximate surface area is 92.8 Å². The van der Waals surface area contributed by atoms with Crippen LogP contribution in [-0.2, 0) is 6.61 Å². The largest absolute Gasteiger partial charge is 0.497 e. The first kappa shape index (κ1) is 10.4. The van der Waals surface area contributed by atoms with Crippen LogP contribution in [0.25, 0.3) is 0 Å². The Morgan fingerprint density at radius 1 is 1.25 bits per heavy atom. The number of nitrogens with zero attached hydrogens (tertiary/aromatic N) is 1. The predicted octanol–water partition coefficient (Wildman–Crippen LogP) is 1.84. The third-order valence-electron chi connectivity index (χ3n) is 1.99. The minimum Gasteiger partial charge on any atom is -0.497 e. The molecule has 0 unspecified atom stereocenters. The highest BCUT2D eigenvalue weighted by Gasteiger charge is 2.02. The van der Waals surface area contributed by atoms with Gasteiger partial charge in [0.25, 0.3) is 0 Å². The van der Waals surface area contributed by atoms with Crippen LogP contribution in [0.3, 0.4) is 0 Å². The Bertz CT molecular complexity index is 451. The second kappa shape index (κ2) is 4.57. The first-order valence-corrected chi connectivity index (χ1v) is 4.75. The van der Waals surface area contributed by atoms with E-state index in [1.807, 2.05) is 24.3 Å². The highest BCUT2D eigenvalue weighted by molar-refractivity contribution is 5.31. The van der Waals surface area contributed by atoms with Gasteiger partial charge in [-0.05, 0) is 24.3 Å². The molecule has 16 heavy (non-hydrogen) atoms. The number of ether oxygens (including phenoxy) is 2. The van der Waals surface area contributed by atoms with Gasteiger partial charge < -0.3 is 19.6 Å². The van der Waals surface area contributed by atoms with Gasteiger partial charge in [-0.25, -0.2) is 4.98 Å².